The minimum Gasteiger partial charge on any atom is -0.495 e. The monoisotopic (exact) mass is 558 g/mol. The van der Waals surface area contributed by atoms with E-state index in [1.807, 2.05) is 0 Å². The minimum absolute atomic E-state index is 0.223. The number of pyridine rings is 1. The number of nitrogens with one attached hydrogen (secondary N) is 1. The number of likely N-dealkylation sites (tertiary alicyclic amines) is 1. The van der Waals surface area contributed by atoms with Crippen LogP contribution in [0.5, 0.6) is 11.5 Å². The summed E-state index contributed by atoms with van der Waals surface area (Å²) in [6, 6.07) is 3.66. The molecule has 0 amide bonds. The summed E-state index contributed by atoms with van der Waals surface area (Å²) in [5.41, 5.74) is 1.82. The fraction of sp³-hybridized carbons (Fsp3) is 0.370. The molecule has 2 aromatic heterocycles. The Bertz CT molecular complexity index is 1410. The molecule has 1 fully saturated rings. The zero-order valence-electron chi connectivity index (χ0n) is 22.1. The van der Waals surface area contributed by atoms with Gasteiger partial charge in [0.05, 0.1) is 29.8 Å². The molecule has 11 heteroatoms. The van der Waals surface area contributed by atoms with Crippen LogP contribution in [0.1, 0.15) is 6.92 Å². The zero-order chi connectivity index (χ0) is 27.6. The Morgan fingerprint density at radius 3 is 2.45 bits per heavy atom. The highest BCUT2D eigenvalue weighted by Crippen LogP contribution is 2.45. The van der Waals surface area contributed by atoms with Gasteiger partial charge in [0.25, 0.3) is 5.56 Å². The number of allylic oxidation sites excluding steroid dienone is 1. The molecule has 202 valence electrons. The lowest BCUT2D eigenvalue weighted by Gasteiger charge is -2.46. The first-order chi connectivity index (χ1) is 18.3. The van der Waals surface area contributed by atoms with Gasteiger partial charge in [-0.15, -0.1) is 0 Å². The van der Waals surface area contributed by atoms with Crippen molar-refractivity contribution in [1.82, 2.24) is 24.3 Å². The van der Waals surface area contributed by atoms with Crippen LogP contribution < -0.4 is 20.3 Å². The van der Waals surface area contributed by atoms with Crippen LogP contribution in [-0.2, 0) is 6.54 Å². The van der Waals surface area contributed by atoms with Crippen molar-refractivity contribution in [3.05, 3.63) is 63.7 Å². The first kappa shape index (κ1) is 27.8. The maximum absolute atomic E-state index is 14.1. The fourth-order valence-corrected chi connectivity index (χ4v) is 5.37. The number of hydrogen-bond donors (Lipinski definition) is 1. The van der Waals surface area contributed by atoms with Gasteiger partial charge in [0.1, 0.15) is 17.1 Å². The van der Waals surface area contributed by atoms with Crippen LogP contribution in [0.15, 0.2) is 48.1 Å². The molecule has 3 aromatic rings. The number of ether oxygens (including phenoxy) is 2. The van der Waals surface area contributed by atoms with Crippen molar-refractivity contribution in [2.45, 2.75) is 19.5 Å². The molecule has 0 spiro atoms. The van der Waals surface area contributed by atoms with Crippen molar-refractivity contribution in [2.75, 3.05) is 52.8 Å². The normalized spacial score (nSPS) is 13.5. The number of methoxy groups -OCH3 is 2. The third-order valence-electron chi connectivity index (χ3n) is 6.93. The SMILES string of the molecule is C=CC(=C)N1CC(N(CC)CCn2c(=O)c(-c3c(Cl)c(OC)cc(OC)c3Cl)cc3cnc(NC)nc32)C1. The summed E-state index contributed by atoms with van der Waals surface area (Å²) >= 11 is 13.4. The molecular formula is C27H32Cl2N6O3. The van der Waals surface area contributed by atoms with Crippen molar-refractivity contribution in [3.8, 4) is 22.6 Å². The van der Waals surface area contributed by atoms with Crippen LogP contribution in [0.4, 0.5) is 5.95 Å². The number of rotatable bonds is 11. The van der Waals surface area contributed by atoms with E-state index in [9.17, 15) is 4.79 Å². The summed E-state index contributed by atoms with van der Waals surface area (Å²) in [5, 5.41) is 4.07. The summed E-state index contributed by atoms with van der Waals surface area (Å²) < 4.78 is 12.5. The van der Waals surface area contributed by atoms with E-state index in [1.54, 1.807) is 36.0 Å². The van der Waals surface area contributed by atoms with Crippen LogP contribution in [-0.4, -0.2) is 77.8 Å². The second-order valence-corrected chi connectivity index (χ2v) is 9.66. The van der Waals surface area contributed by atoms with E-state index >= 15 is 0 Å². The molecule has 1 N–H and O–H groups in total. The average Bonchev–Trinajstić information content (AvgIpc) is 2.90. The highest BCUT2D eigenvalue weighted by Gasteiger charge is 2.31. The molecule has 1 aliphatic rings. The van der Waals surface area contributed by atoms with Gasteiger partial charge in [-0.25, -0.2) is 4.98 Å². The van der Waals surface area contributed by atoms with Gasteiger partial charge in [-0.3, -0.25) is 14.3 Å². The number of aromatic nitrogens is 3. The topological polar surface area (TPSA) is 84.8 Å². The molecular weight excluding hydrogens is 527 g/mol. The minimum atomic E-state index is -0.274. The summed E-state index contributed by atoms with van der Waals surface area (Å²) in [6.07, 6.45) is 3.45. The van der Waals surface area contributed by atoms with Crippen molar-refractivity contribution in [3.63, 3.8) is 0 Å². The Balaban J connectivity index is 1.80. The first-order valence-electron chi connectivity index (χ1n) is 12.3. The number of likely N-dealkylation sites (N-methyl/N-ethyl adjacent to an activating group) is 1. The summed E-state index contributed by atoms with van der Waals surface area (Å²) in [6.45, 7) is 13.6. The van der Waals surface area contributed by atoms with Gasteiger partial charge in [-0.1, -0.05) is 43.3 Å². The van der Waals surface area contributed by atoms with Crippen molar-refractivity contribution < 1.29 is 9.47 Å². The Kier molecular flexibility index (Phi) is 8.50. The molecule has 38 heavy (non-hydrogen) atoms. The molecule has 0 radical (unpaired) electrons. The fourth-order valence-electron chi connectivity index (χ4n) is 4.67. The highest BCUT2D eigenvalue weighted by atomic mass is 35.5. The van der Waals surface area contributed by atoms with Crippen LogP contribution in [0, 0.1) is 0 Å². The van der Waals surface area contributed by atoms with E-state index in [0.29, 0.717) is 58.7 Å². The van der Waals surface area contributed by atoms with Crippen LogP contribution in [0.2, 0.25) is 10.0 Å². The Morgan fingerprint density at radius 2 is 1.89 bits per heavy atom. The van der Waals surface area contributed by atoms with E-state index in [1.165, 1.54) is 14.2 Å². The molecule has 0 unspecified atom stereocenters. The van der Waals surface area contributed by atoms with Crippen LogP contribution in [0.25, 0.3) is 22.2 Å². The maximum Gasteiger partial charge on any atom is 0.260 e. The Morgan fingerprint density at radius 1 is 1.24 bits per heavy atom. The molecule has 9 nitrogen and oxygen atoms in total. The van der Waals surface area contributed by atoms with E-state index in [0.717, 1.165) is 25.3 Å². The quantitative estimate of drug-likeness (QED) is 0.343. The number of halogens is 2. The lowest BCUT2D eigenvalue weighted by atomic mass is 10.0. The Hall–Kier alpha value is -3.27. The molecule has 0 bridgehead atoms. The molecule has 4 rings (SSSR count). The number of fused-ring (bicyclic) bond motifs is 1. The maximum atomic E-state index is 14.1. The van der Waals surface area contributed by atoms with Crippen LogP contribution in [0.3, 0.4) is 0 Å². The lowest BCUT2D eigenvalue weighted by molar-refractivity contribution is 0.0619. The molecule has 0 saturated carbocycles. The van der Waals surface area contributed by atoms with E-state index in [4.69, 9.17) is 32.7 Å². The predicted molar refractivity (Wildman–Crippen MR) is 154 cm³/mol. The molecule has 0 aliphatic carbocycles. The van der Waals surface area contributed by atoms with E-state index < -0.39 is 0 Å². The number of hydrogen-bond acceptors (Lipinski definition) is 8. The van der Waals surface area contributed by atoms with Gasteiger partial charge in [0.15, 0.2) is 0 Å². The molecule has 1 aliphatic heterocycles. The van der Waals surface area contributed by atoms with Gasteiger partial charge >= 0.3 is 0 Å². The van der Waals surface area contributed by atoms with Crippen molar-refractivity contribution in [1.29, 1.82) is 0 Å². The van der Waals surface area contributed by atoms with Crippen LogP contribution >= 0.6 is 23.2 Å². The van der Waals surface area contributed by atoms with Gasteiger partial charge in [-0.05, 0) is 18.7 Å². The number of benzene rings is 1. The van der Waals surface area contributed by atoms with Gasteiger partial charge in [0.2, 0.25) is 5.95 Å². The van der Waals surface area contributed by atoms with E-state index in [-0.39, 0.29) is 15.6 Å². The van der Waals surface area contributed by atoms with Gasteiger partial charge in [-0.2, -0.15) is 4.98 Å². The third kappa shape index (κ3) is 5.06. The van der Waals surface area contributed by atoms with E-state index in [2.05, 4.69) is 45.2 Å². The standard InChI is InChI=1S/C27H32Cl2N6O3/c1-7-16(3)34-14-18(15-34)33(8-2)9-10-35-25-17(13-31-27(30-4)32-25)11-19(26(35)36)22-23(28)20(37-5)12-21(38-6)24(22)29/h7,11-13,18H,1,3,8-10,14-15H2,2,4-6H3,(H,30,31,32). The third-order valence-corrected chi connectivity index (χ3v) is 7.68. The Labute approximate surface area is 232 Å². The molecule has 3 heterocycles. The number of anilines is 1. The first-order valence-corrected chi connectivity index (χ1v) is 13.0. The summed E-state index contributed by atoms with van der Waals surface area (Å²) in [4.78, 5) is 27.6. The highest BCUT2D eigenvalue weighted by molar-refractivity contribution is 6.41. The molecule has 1 saturated heterocycles. The predicted octanol–water partition coefficient (Wildman–Crippen LogP) is 4.53. The zero-order valence-corrected chi connectivity index (χ0v) is 23.6. The molecule has 0 atom stereocenters. The number of nitrogens with zero attached hydrogens (tertiary/aromatic N) is 5. The van der Waals surface area contributed by atoms with Crippen molar-refractivity contribution >= 4 is 40.2 Å². The summed E-state index contributed by atoms with van der Waals surface area (Å²) in [7, 11) is 4.73. The largest absolute Gasteiger partial charge is 0.495 e. The van der Waals surface area contributed by atoms with Gasteiger partial charge in [0, 0.05) is 68.2 Å². The second kappa shape index (κ2) is 11.6. The van der Waals surface area contributed by atoms with Gasteiger partial charge < -0.3 is 19.7 Å². The second-order valence-electron chi connectivity index (χ2n) is 8.90. The lowest BCUT2D eigenvalue weighted by Crippen LogP contribution is -2.59. The average molecular weight is 559 g/mol. The van der Waals surface area contributed by atoms with Crippen molar-refractivity contribution in [2.24, 2.45) is 0 Å². The molecule has 1 aromatic carbocycles. The smallest absolute Gasteiger partial charge is 0.260 e. The summed E-state index contributed by atoms with van der Waals surface area (Å²) in [5.74, 6) is 1.12.